The van der Waals surface area contributed by atoms with Crippen LogP contribution in [0.3, 0.4) is 0 Å². The second-order valence-corrected chi connectivity index (χ2v) is 3.97. The summed E-state index contributed by atoms with van der Waals surface area (Å²) in [6.45, 7) is 4.95. The molecule has 1 aromatic heterocycles. The summed E-state index contributed by atoms with van der Waals surface area (Å²) in [4.78, 5) is 4.27. The van der Waals surface area contributed by atoms with E-state index in [1.165, 1.54) is 11.1 Å². The molecule has 1 heterocycles. The number of aromatic nitrogens is 1. The van der Waals surface area contributed by atoms with E-state index in [1.54, 1.807) is 0 Å². The molecule has 1 N–H and O–H groups in total. The van der Waals surface area contributed by atoms with Gasteiger partial charge in [0.1, 0.15) is 0 Å². The molecule has 2 heteroatoms. The van der Waals surface area contributed by atoms with Crippen LogP contribution in [0.2, 0.25) is 0 Å². The number of hydrogen-bond donors (Lipinski definition) is 1. The molecule has 0 aliphatic carbocycles. The van der Waals surface area contributed by atoms with Gasteiger partial charge >= 0.3 is 0 Å². The molecule has 0 fully saturated rings. The zero-order chi connectivity index (χ0) is 11.4. The van der Waals surface area contributed by atoms with E-state index < -0.39 is 0 Å². The molecule has 2 nitrogen and oxygen atoms in total. The monoisotopic (exact) mass is 212 g/mol. The van der Waals surface area contributed by atoms with E-state index in [1.807, 2.05) is 19.2 Å². The van der Waals surface area contributed by atoms with Gasteiger partial charge in [0, 0.05) is 24.1 Å². The van der Waals surface area contributed by atoms with Crippen LogP contribution in [0.4, 0.5) is 5.69 Å². The fourth-order valence-corrected chi connectivity index (χ4v) is 1.57. The van der Waals surface area contributed by atoms with Crippen LogP contribution in [-0.4, -0.2) is 4.98 Å². The van der Waals surface area contributed by atoms with Crippen molar-refractivity contribution in [3.05, 3.63) is 59.4 Å². The van der Waals surface area contributed by atoms with Crippen LogP contribution in [-0.2, 0) is 6.54 Å². The summed E-state index contributed by atoms with van der Waals surface area (Å²) in [5.74, 6) is 0. The maximum atomic E-state index is 4.27. The molecule has 0 aliphatic rings. The summed E-state index contributed by atoms with van der Waals surface area (Å²) in [5.41, 5.74) is 4.75. The Morgan fingerprint density at radius 3 is 2.50 bits per heavy atom. The standard InChI is InChI=1S/C14H16N2/c1-11-5-7-14(8-6-11)16-10-13-4-3-9-15-12(13)2/h3-9,16H,10H2,1-2H3. The van der Waals surface area contributed by atoms with E-state index in [2.05, 4.69) is 47.6 Å². The molecule has 1 aromatic carbocycles. The summed E-state index contributed by atoms with van der Waals surface area (Å²) < 4.78 is 0. The van der Waals surface area contributed by atoms with Crippen LogP contribution in [0.1, 0.15) is 16.8 Å². The van der Waals surface area contributed by atoms with Gasteiger partial charge in [0.05, 0.1) is 0 Å². The van der Waals surface area contributed by atoms with E-state index in [9.17, 15) is 0 Å². The molecule has 0 spiro atoms. The molecule has 16 heavy (non-hydrogen) atoms. The lowest BCUT2D eigenvalue weighted by Crippen LogP contribution is -2.02. The average Bonchev–Trinajstić information content (AvgIpc) is 2.30. The highest BCUT2D eigenvalue weighted by Gasteiger charge is 1.97. The Bertz CT molecular complexity index is 460. The number of aryl methyl sites for hydroxylation is 2. The minimum Gasteiger partial charge on any atom is -0.381 e. The fourth-order valence-electron chi connectivity index (χ4n) is 1.57. The highest BCUT2D eigenvalue weighted by atomic mass is 14.9. The van der Waals surface area contributed by atoms with Crippen molar-refractivity contribution in [3.8, 4) is 0 Å². The zero-order valence-electron chi connectivity index (χ0n) is 9.70. The van der Waals surface area contributed by atoms with Crippen molar-refractivity contribution in [1.29, 1.82) is 0 Å². The smallest absolute Gasteiger partial charge is 0.0422 e. The first kappa shape index (κ1) is 10.7. The van der Waals surface area contributed by atoms with Gasteiger partial charge in [0.15, 0.2) is 0 Å². The van der Waals surface area contributed by atoms with Crippen LogP contribution in [0.15, 0.2) is 42.6 Å². The van der Waals surface area contributed by atoms with E-state index in [4.69, 9.17) is 0 Å². The third-order valence-electron chi connectivity index (χ3n) is 2.65. The number of pyridine rings is 1. The fraction of sp³-hybridized carbons (Fsp3) is 0.214. The Hall–Kier alpha value is -1.83. The summed E-state index contributed by atoms with van der Waals surface area (Å²) in [7, 11) is 0. The number of hydrogen-bond acceptors (Lipinski definition) is 2. The lowest BCUT2D eigenvalue weighted by molar-refractivity contribution is 1.06. The lowest BCUT2D eigenvalue weighted by atomic mass is 10.2. The maximum Gasteiger partial charge on any atom is 0.0422 e. The Morgan fingerprint density at radius 1 is 1.06 bits per heavy atom. The molecule has 82 valence electrons. The number of nitrogens with one attached hydrogen (secondary N) is 1. The minimum atomic E-state index is 0.822. The predicted molar refractivity (Wildman–Crippen MR) is 67.5 cm³/mol. The van der Waals surface area contributed by atoms with Gasteiger partial charge in [-0.15, -0.1) is 0 Å². The molecule has 0 radical (unpaired) electrons. The van der Waals surface area contributed by atoms with Crippen molar-refractivity contribution in [1.82, 2.24) is 4.98 Å². The first-order chi connectivity index (χ1) is 7.75. The van der Waals surface area contributed by atoms with Crippen molar-refractivity contribution < 1.29 is 0 Å². The highest BCUT2D eigenvalue weighted by Crippen LogP contribution is 2.11. The van der Waals surface area contributed by atoms with Crippen LogP contribution in [0, 0.1) is 13.8 Å². The average molecular weight is 212 g/mol. The van der Waals surface area contributed by atoms with Gasteiger partial charge in [-0.25, -0.2) is 0 Å². The molecule has 0 atom stereocenters. The van der Waals surface area contributed by atoms with E-state index in [0.717, 1.165) is 17.9 Å². The Balaban J connectivity index is 2.02. The highest BCUT2D eigenvalue weighted by molar-refractivity contribution is 5.45. The van der Waals surface area contributed by atoms with Gasteiger partial charge in [-0.05, 0) is 37.6 Å². The van der Waals surface area contributed by atoms with Crippen molar-refractivity contribution in [2.24, 2.45) is 0 Å². The van der Waals surface area contributed by atoms with Gasteiger partial charge in [0.25, 0.3) is 0 Å². The number of anilines is 1. The van der Waals surface area contributed by atoms with Gasteiger partial charge in [0.2, 0.25) is 0 Å². The zero-order valence-corrected chi connectivity index (χ0v) is 9.70. The summed E-state index contributed by atoms with van der Waals surface area (Å²) in [5, 5.41) is 3.39. The van der Waals surface area contributed by atoms with E-state index >= 15 is 0 Å². The first-order valence-electron chi connectivity index (χ1n) is 5.47. The third-order valence-corrected chi connectivity index (χ3v) is 2.65. The van der Waals surface area contributed by atoms with E-state index in [0.29, 0.717) is 0 Å². The summed E-state index contributed by atoms with van der Waals surface area (Å²) >= 11 is 0. The van der Waals surface area contributed by atoms with E-state index in [-0.39, 0.29) is 0 Å². The van der Waals surface area contributed by atoms with Crippen molar-refractivity contribution in [2.45, 2.75) is 20.4 Å². The maximum absolute atomic E-state index is 4.27. The number of nitrogens with zero attached hydrogens (tertiary/aromatic N) is 1. The number of rotatable bonds is 3. The van der Waals surface area contributed by atoms with Crippen LogP contribution < -0.4 is 5.32 Å². The quantitative estimate of drug-likeness (QED) is 0.844. The van der Waals surface area contributed by atoms with Crippen LogP contribution in [0.5, 0.6) is 0 Å². The van der Waals surface area contributed by atoms with Crippen LogP contribution in [0.25, 0.3) is 0 Å². The lowest BCUT2D eigenvalue weighted by Gasteiger charge is -2.08. The van der Waals surface area contributed by atoms with Gasteiger partial charge in [-0.2, -0.15) is 0 Å². The molecule has 2 aromatic rings. The third kappa shape index (κ3) is 2.60. The second kappa shape index (κ2) is 4.79. The van der Waals surface area contributed by atoms with Crippen LogP contribution >= 0.6 is 0 Å². The molecule has 0 saturated carbocycles. The van der Waals surface area contributed by atoms with Gasteiger partial charge in [-0.1, -0.05) is 23.8 Å². The molecule has 0 aliphatic heterocycles. The Kier molecular flexibility index (Phi) is 3.20. The topological polar surface area (TPSA) is 24.9 Å². The Morgan fingerprint density at radius 2 is 1.81 bits per heavy atom. The molecule has 2 rings (SSSR count). The molecule has 0 saturated heterocycles. The largest absolute Gasteiger partial charge is 0.381 e. The van der Waals surface area contributed by atoms with Crippen molar-refractivity contribution in [3.63, 3.8) is 0 Å². The molecule has 0 amide bonds. The molecular formula is C14H16N2. The predicted octanol–water partition coefficient (Wildman–Crippen LogP) is 3.31. The van der Waals surface area contributed by atoms with Crippen molar-refractivity contribution in [2.75, 3.05) is 5.32 Å². The Labute approximate surface area is 96.4 Å². The normalized spacial score (nSPS) is 10.1. The molecule has 0 unspecified atom stereocenters. The summed E-state index contributed by atoms with van der Waals surface area (Å²) in [6, 6.07) is 12.5. The number of benzene rings is 1. The first-order valence-corrected chi connectivity index (χ1v) is 5.47. The minimum absolute atomic E-state index is 0.822. The van der Waals surface area contributed by atoms with Crippen molar-refractivity contribution >= 4 is 5.69 Å². The SMILES string of the molecule is Cc1ccc(NCc2cccnc2C)cc1. The molecular weight excluding hydrogens is 196 g/mol. The van der Waals surface area contributed by atoms with Gasteiger partial charge in [-0.3, -0.25) is 4.98 Å². The second-order valence-electron chi connectivity index (χ2n) is 3.97. The van der Waals surface area contributed by atoms with Gasteiger partial charge < -0.3 is 5.32 Å². The summed E-state index contributed by atoms with van der Waals surface area (Å²) in [6.07, 6.45) is 1.82. The molecule has 0 bridgehead atoms.